The van der Waals surface area contributed by atoms with Gasteiger partial charge < -0.3 is 4.98 Å². The molecule has 1 aromatic heterocycles. The Hall–Kier alpha value is -0.630. The van der Waals surface area contributed by atoms with Crippen molar-refractivity contribution < 1.29 is 0 Å². The Bertz CT molecular complexity index is 272. The van der Waals surface area contributed by atoms with Crippen LogP contribution in [0.1, 0.15) is 16.8 Å². The Morgan fingerprint density at radius 2 is 1.90 bits per heavy atom. The van der Waals surface area contributed by atoms with E-state index in [1.807, 2.05) is 13.0 Å². The van der Waals surface area contributed by atoms with E-state index in [1.165, 1.54) is 16.8 Å². The van der Waals surface area contributed by atoms with Crippen molar-refractivity contribution in [2.75, 3.05) is 0 Å². The van der Waals surface area contributed by atoms with E-state index in [9.17, 15) is 0 Å². The van der Waals surface area contributed by atoms with Crippen LogP contribution in [0.2, 0.25) is 0 Å². The number of rotatable bonds is 0. The molecule has 0 aromatic carbocycles. The largest absolute Gasteiger partial charge is 0.350 e. The molecule has 54 valence electrons. The second-order valence-electron chi connectivity index (χ2n) is 2.57. The fraction of sp³-hybridized carbons (Fsp3) is 0.375. The van der Waals surface area contributed by atoms with Crippen molar-refractivity contribution in [1.29, 1.82) is 0 Å². The molecule has 0 saturated carbocycles. The van der Waals surface area contributed by atoms with Gasteiger partial charge in [0.1, 0.15) is 4.64 Å². The normalized spacial score (nSPS) is 9.90. The van der Waals surface area contributed by atoms with Gasteiger partial charge in [-0.1, -0.05) is 12.2 Å². The van der Waals surface area contributed by atoms with E-state index in [0.29, 0.717) is 0 Å². The zero-order chi connectivity index (χ0) is 7.72. The zero-order valence-electron chi connectivity index (χ0n) is 6.49. The lowest BCUT2D eigenvalue weighted by Gasteiger charge is -2.02. The third-order valence-corrected chi connectivity index (χ3v) is 2.03. The smallest absolute Gasteiger partial charge is 0.103 e. The molecule has 1 nitrogen and oxygen atoms in total. The SMILES string of the molecule is Cc1cc(=S)[nH]c(C)c1C. The third-order valence-electron chi connectivity index (χ3n) is 1.81. The summed E-state index contributed by atoms with van der Waals surface area (Å²) < 4.78 is 0.820. The van der Waals surface area contributed by atoms with Gasteiger partial charge in [0.25, 0.3) is 0 Å². The highest BCUT2D eigenvalue weighted by Crippen LogP contribution is 2.08. The molecule has 0 spiro atoms. The van der Waals surface area contributed by atoms with Gasteiger partial charge in [0.05, 0.1) is 0 Å². The van der Waals surface area contributed by atoms with Crippen LogP contribution in [0.15, 0.2) is 6.07 Å². The van der Waals surface area contributed by atoms with Crippen LogP contribution >= 0.6 is 12.2 Å². The van der Waals surface area contributed by atoms with Crippen LogP contribution in [-0.2, 0) is 0 Å². The predicted octanol–water partition coefficient (Wildman–Crippen LogP) is 2.67. The summed E-state index contributed by atoms with van der Waals surface area (Å²) >= 11 is 4.99. The van der Waals surface area contributed by atoms with Crippen molar-refractivity contribution in [3.05, 3.63) is 27.5 Å². The van der Waals surface area contributed by atoms with Gasteiger partial charge in [0.15, 0.2) is 0 Å². The molecule has 0 fully saturated rings. The zero-order valence-corrected chi connectivity index (χ0v) is 7.30. The molecule has 1 heterocycles. The van der Waals surface area contributed by atoms with E-state index in [2.05, 4.69) is 18.8 Å². The van der Waals surface area contributed by atoms with Gasteiger partial charge in [0, 0.05) is 5.69 Å². The van der Waals surface area contributed by atoms with Gasteiger partial charge in [-0.2, -0.15) is 0 Å². The van der Waals surface area contributed by atoms with Gasteiger partial charge in [-0.3, -0.25) is 0 Å². The quantitative estimate of drug-likeness (QED) is 0.566. The van der Waals surface area contributed by atoms with Gasteiger partial charge >= 0.3 is 0 Å². The molecular weight excluding hydrogens is 142 g/mol. The maximum atomic E-state index is 4.99. The number of H-pyrrole nitrogens is 1. The van der Waals surface area contributed by atoms with E-state index < -0.39 is 0 Å². The molecule has 0 atom stereocenters. The Morgan fingerprint density at radius 3 is 2.40 bits per heavy atom. The highest BCUT2D eigenvalue weighted by atomic mass is 32.1. The van der Waals surface area contributed by atoms with Crippen LogP contribution in [0.25, 0.3) is 0 Å². The molecule has 1 rings (SSSR count). The maximum absolute atomic E-state index is 4.99. The molecule has 0 amide bonds. The standard InChI is InChI=1S/C8H11NS/c1-5-4-8(10)9-7(3)6(5)2/h4H,1-3H3,(H,9,10). The first-order chi connectivity index (χ1) is 4.61. The Balaban J connectivity index is 3.46. The van der Waals surface area contributed by atoms with E-state index >= 15 is 0 Å². The van der Waals surface area contributed by atoms with Crippen LogP contribution in [0.4, 0.5) is 0 Å². The van der Waals surface area contributed by atoms with Crippen molar-refractivity contribution in [3.63, 3.8) is 0 Å². The first-order valence-corrected chi connectivity index (χ1v) is 3.69. The number of aromatic nitrogens is 1. The summed E-state index contributed by atoms with van der Waals surface area (Å²) in [6.07, 6.45) is 0. The molecule has 0 radical (unpaired) electrons. The molecular formula is C8H11NS. The van der Waals surface area contributed by atoms with E-state index in [0.717, 1.165) is 4.64 Å². The molecule has 10 heavy (non-hydrogen) atoms. The summed E-state index contributed by atoms with van der Waals surface area (Å²) in [5.74, 6) is 0. The maximum Gasteiger partial charge on any atom is 0.103 e. The van der Waals surface area contributed by atoms with Gasteiger partial charge in [-0.15, -0.1) is 0 Å². The number of pyridine rings is 1. The lowest BCUT2D eigenvalue weighted by atomic mass is 10.1. The van der Waals surface area contributed by atoms with Crippen molar-refractivity contribution in [1.82, 2.24) is 4.98 Å². The third kappa shape index (κ3) is 1.27. The minimum atomic E-state index is 0.820. The Labute approximate surface area is 66.1 Å². The molecule has 0 unspecified atom stereocenters. The molecule has 1 N–H and O–H groups in total. The van der Waals surface area contributed by atoms with Crippen LogP contribution in [0.3, 0.4) is 0 Å². The Morgan fingerprint density at radius 1 is 1.30 bits per heavy atom. The average Bonchev–Trinajstić information content (AvgIpc) is 1.82. The summed E-state index contributed by atoms with van der Waals surface area (Å²) in [5.41, 5.74) is 3.74. The topological polar surface area (TPSA) is 15.8 Å². The minimum absolute atomic E-state index is 0.820. The number of aromatic amines is 1. The number of aryl methyl sites for hydroxylation is 2. The summed E-state index contributed by atoms with van der Waals surface area (Å²) in [6, 6.07) is 1.98. The van der Waals surface area contributed by atoms with Crippen molar-refractivity contribution in [2.45, 2.75) is 20.8 Å². The van der Waals surface area contributed by atoms with Gasteiger partial charge in [-0.25, -0.2) is 0 Å². The number of hydrogen-bond acceptors (Lipinski definition) is 1. The van der Waals surface area contributed by atoms with Crippen molar-refractivity contribution in [3.8, 4) is 0 Å². The average molecular weight is 153 g/mol. The molecule has 0 aliphatic heterocycles. The second-order valence-corrected chi connectivity index (χ2v) is 3.01. The van der Waals surface area contributed by atoms with Gasteiger partial charge in [-0.05, 0) is 38.0 Å². The second kappa shape index (κ2) is 2.54. The van der Waals surface area contributed by atoms with E-state index in [1.54, 1.807) is 0 Å². The summed E-state index contributed by atoms with van der Waals surface area (Å²) in [5, 5.41) is 0. The highest BCUT2D eigenvalue weighted by molar-refractivity contribution is 7.71. The van der Waals surface area contributed by atoms with Crippen molar-refractivity contribution in [2.24, 2.45) is 0 Å². The van der Waals surface area contributed by atoms with Crippen LogP contribution in [0, 0.1) is 25.4 Å². The van der Waals surface area contributed by atoms with Crippen LogP contribution in [-0.4, -0.2) is 4.98 Å². The fourth-order valence-electron chi connectivity index (χ4n) is 0.915. The summed E-state index contributed by atoms with van der Waals surface area (Å²) in [4.78, 5) is 3.09. The molecule has 0 aliphatic carbocycles. The molecule has 1 aromatic rings. The summed E-state index contributed by atoms with van der Waals surface area (Å²) in [6.45, 7) is 6.21. The first kappa shape index (κ1) is 7.48. The Kier molecular flexibility index (Phi) is 1.90. The molecule has 0 bridgehead atoms. The molecule has 0 saturated heterocycles. The monoisotopic (exact) mass is 153 g/mol. The lowest BCUT2D eigenvalue weighted by molar-refractivity contribution is 1.11. The van der Waals surface area contributed by atoms with Gasteiger partial charge in [0.2, 0.25) is 0 Å². The lowest BCUT2D eigenvalue weighted by Crippen LogP contribution is -1.89. The predicted molar refractivity (Wildman–Crippen MR) is 45.8 cm³/mol. The number of hydrogen-bond donors (Lipinski definition) is 1. The van der Waals surface area contributed by atoms with E-state index in [-0.39, 0.29) is 0 Å². The summed E-state index contributed by atoms with van der Waals surface area (Å²) in [7, 11) is 0. The molecule has 0 aliphatic rings. The highest BCUT2D eigenvalue weighted by Gasteiger charge is 1.94. The first-order valence-electron chi connectivity index (χ1n) is 3.28. The van der Waals surface area contributed by atoms with Crippen LogP contribution < -0.4 is 0 Å². The van der Waals surface area contributed by atoms with E-state index in [4.69, 9.17) is 12.2 Å². The fourth-order valence-corrected chi connectivity index (χ4v) is 1.25. The van der Waals surface area contributed by atoms with Crippen LogP contribution in [0.5, 0.6) is 0 Å². The minimum Gasteiger partial charge on any atom is -0.350 e. The molecule has 2 heteroatoms. The van der Waals surface area contributed by atoms with Crippen molar-refractivity contribution >= 4 is 12.2 Å². The number of nitrogens with one attached hydrogen (secondary N) is 1.